The van der Waals surface area contributed by atoms with E-state index in [0.29, 0.717) is 38.9 Å². The molecule has 1 aromatic heterocycles. The quantitative estimate of drug-likeness (QED) is 0.712. The largest absolute Gasteiger partial charge is 0.336 e. The van der Waals surface area contributed by atoms with Crippen LogP contribution in [0.25, 0.3) is 0 Å². The molecule has 1 rings (SSSR count). The van der Waals surface area contributed by atoms with Crippen LogP contribution in [0.15, 0.2) is 14.4 Å². The number of nitrogens with zero attached hydrogens (tertiary/aromatic N) is 3. The fourth-order valence-corrected chi connectivity index (χ4v) is 1.95. The predicted molar refractivity (Wildman–Crippen MR) is 73.5 cm³/mol. The number of rotatable bonds is 7. The van der Waals surface area contributed by atoms with E-state index in [1.807, 2.05) is 13.8 Å². The molecule has 7 heteroatoms. The maximum atomic E-state index is 12.1. The van der Waals surface area contributed by atoms with Crippen molar-refractivity contribution in [3.63, 3.8) is 0 Å². The van der Waals surface area contributed by atoms with Gasteiger partial charge in [-0.3, -0.25) is 0 Å². The Morgan fingerprint density at radius 2 is 1.16 bits per heavy atom. The molecule has 7 nitrogen and oxygen atoms in total. The minimum Gasteiger partial charge on any atom is -0.330 e. The van der Waals surface area contributed by atoms with Gasteiger partial charge < -0.3 is 5.73 Å². The van der Waals surface area contributed by atoms with E-state index in [9.17, 15) is 14.4 Å². The zero-order valence-corrected chi connectivity index (χ0v) is 11.6. The summed E-state index contributed by atoms with van der Waals surface area (Å²) >= 11 is 0. The third-order valence-electron chi connectivity index (χ3n) is 2.87. The van der Waals surface area contributed by atoms with Crippen molar-refractivity contribution in [3.05, 3.63) is 31.5 Å². The van der Waals surface area contributed by atoms with Gasteiger partial charge in [0.2, 0.25) is 0 Å². The van der Waals surface area contributed by atoms with Gasteiger partial charge in [0.05, 0.1) is 0 Å². The van der Waals surface area contributed by atoms with Crippen LogP contribution in [0.5, 0.6) is 0 Å². The van der Waals surface area contributed by atoms with Gasteiger partial charge >= 0.3 is 17.1 Å². The third kappa shape index (κ3) is 3.23. The molecule has 0 spiro atoms. The highest BCUT2D eigenvalue weighted by molar-refractivity contribution is 4.79. The zero-order chi connectivity index (χ0) is 14.4. The lowest BCUT2D eigenvalue weighted by Gasteiger charge is -2.12. The standard InChI is InChI=1S/C12H22N4O3/c1-3-7-14-10(17)15(8-4-2)12(19)16(11(14)18)9-5-6-13/h3-9,13H2,1-2H3. The van der Waals surface area contributed by atoms with Crippen LogP contribution in [0.3, 0.4) is 0 Å². The molecule has 2 N–H and O–H groups in total. The molecule has 0 aromatic carbocycles. The predicted octanol–water partition coefficient (Wildman–Crippen LogP) is -0.659. The Morgan fingerprint density at radius 1 is 0.789 bits per heavy atom. The monoisotopic (exact) mass is 270 g/mol. The summed E-state index contributed by atoms with van der Waals surface area (Å²) in [7, 11) is 0. The molecule has 0 unspecified atom stereocenters. The van der Waals surface area contributed by atoms with E-state index >= 15 is 0 Å². The van der Waals surface area contributed by atoms with Crippen molar-refractivity contribution >= 4 is 0 Å². The van der Waals surface area contributed by atoms with Gasteiger partial charge in [-0.05, 0) is 25.8 Å². The molecule has 0 saturated carbocycles. The average Bonchev–Trinajstić information content (AvgIpc) is 2.40. The van der Waals surface area contributed by atoms with Crippen LogP contribution in [0.4, 0.5) is 0 Å². The van der Waals surface area contributed by atoms with E-state index in [-0.39, 0.29) is 6.54 Å². The highest BCUT2D eigenvalue weighted by Gasteiger charge is 2.13. The van der Waals surface area contributed by atoms with E-state index in [4.69, 9.17) is 5.73 Å². The Morgan fingerprint density at radius 3 is 1.47 bits per heavy atom. The second-order valence-electron chi connectivity index (χ2n) is 4.44. The van der Waals surface area contributed by atoms with Gasteiger partial charge in [-0.1, -0.05) is 13.8 Å². The van der Waals surface area contributed by atoms with Gasteiger partial charge in [0, 0.05) is 19.6 Å². The summed E-state index contributed by atoms with van der Waals surface area (Å²) in [4.78, 5) is 36.4. The lowest BCUT2D eigenvalue weighted by atomic mass is 10.4. The average molecular weight is 270 g/mol. The summed E-state index contributed by atoms with van der Waals surface area (Å²) in [6, 6.07) is 0. The molecule has 0 bridgehead atoms. The molecule has 0 fully saturated rings. The van der Waals surface area contributed by atoms with Crippen LogP contribution < -0.4 is 22.8 Å². The normalized spacial score (nSPS) is 10.9. The molecule has 1 heterocycles. The lowest BCUT2D eigenvalue weighted by Crippen LogP contribution is -2.54. The number of hydrogen-bond acceptors (Lipinski definition) is 4. The van der Waals surface area contributed by atoms with Crippen molar-refractivity contribution in [1.29, 1.82) is 0 Å². The molecule has 19 heavy (non-hydrogen) atoms. The second-order valence-corrected chi connectivity index (χ2v) is 4.44. The molecule has 0 aliphatic carbocycles. The first-order valence-corrected chi connectivity index (χ1v) is 6.73. The fraction of sp³-hybridized carbons (Fsp3) is 0.750. The molecular weight excluding hydrogens is 248 g/mol. The molecule has 0 aliphatic rings. The van der Waals surface area contributed by atoms with Crippen LogP contribution >= 0.6 is 0 Å². The first-order valence-electron chi connectivity index (χ1n) is 6.73. The summed E-state index contributed by atoms with van der Waals surface area (Å²) < 4.78 is 3.38. The van der Waals surface area contributed by atoms with Crippen LogP contribution in [0.1, 0.15) is 33.1 Å². The van der Waals surface area contributed by atoms with Gasteiger partial charge in [0.25, 0.3) is 0 Å². The van der Waals surface area contributed by atoms with Crippen molar-refractivity contribution in [2.45, 2.75) is 52.7 Å². The SMILES string of the molecule is CCCn1c(=O)n(CCC)c(=O)n(CCCN)c1=O. The topological polar surface area (TPSA) is 92.0 Å². The van der Waals surface area contributed by atoms with Crippen molar-refractivity contribution in [2.75, 3.05) is 6.54 Å². The Labute approximate surface area is 111 Å². The van der Waals surface area contributed by atoms with E-state index in [1.165, 1.54) is 0 Å². The molecule has 0 amide bonds. The Bertz CT molecular complexity index is 538. The highest BCUT2D eigenvalue weighted by Crippen LogP contribution is 1.85. The summed E-state index contributed by atoms with van der Waals surface area (Å²) in [6.45, 7) is 5.06. The van der Waals surface area contributed by atoms with Crippen LogP contribution in [0, 0.1) is 0 Å². The number of hydrogen-bond donors (Lipinski definition) is 1. The van der Waals surface area contributed by atoms with Gasteiger partial charge in [0.15, 0.2) is 0 Å². The van der Waals surface area contributed by atoms with Crippen molar-refractivity contribution in [1.82, 2.24) is 13.7 Å². The summed E-state index contributed by atoms with van der Waals surface area (Å²) in [5.41, 5.74) is 3.84. The van der Waals surface area contributed by atoms with Crippen LogP contribution in [-0.4, -0.2) is 20.2 Å². The van der Waals surface area contributed by atoms with Crippen molar-refractivity contribution < 1.29 is 0 Å². The molecule has 1 aromatic rings. The van der Waals surface area contributed by atoms with Crippen molar-refractivity contribution in [3.8, 4) is 0 Å². The minimum absolute atomic E-state index is 0.252. The fourth-order valence-electron chi connectivity index (χ4n) is 1.95. The Balaban J connectivity index is 3.50. The summed E-state index contributed by atoms with van der Waals surface area (Å²) in [6.07, 6.45) is 1.86. The number of aromatic nitrogens is 3. The Kier molecular flexibility index (Phi) is 5.75. The summed E-state index contributed by atoms with van der Waals surface area (Å²) in [5, 5.41) is 0. The zero-order valence-electron chi connectivity index (χ0n) is 11.6. The molecule has 108 valence electrons. The van der Waals surface area contributed by atoms with Gasteiger partial charge in [-0.15, -0.1) is 0 Å². The Hall–Kier alpha value is -1.63. The molecular formula is C12H22N4O3. The second kappa shape index (κ2) is 7.08. The summed E-state index contributed by atoms with van der Waals surface area (Å²) in [5.74, 6) is 0. The lowest BCUT2D eigenvalue weighted by molar-refractivity contribution is 0.435. The van der Waals surface area contributed by atoms with Crippen molar-refractivity contribution in [2.24, 2.45) is 5.73 Å². The molecule has 0 aliphatic heterocycles. The van der Waals surface area contributed by atoms with Gasteiger partial charge in [-0.25, -0.2) is 28.1 Å². The van der Waals surface area contributed by atoms with Crippen LogP contribution in [0.2, 0.25) is 0 Å². The van der Waals surface area contributed by atoms with E-state index in [2.05, 4.69) is 0 Å². The third-order valence-corrected chi connectivity index (χ3v) is 2.87. The van der Waals surface area contributed by atoms with Gasteiger partial charge in [-0.2, -0.15) is 0 Å². The van der Waals surface area contributed by atoms with E-state index in [0.717, 1.165) is 13.7 Å². The maximum absolute atomic E-state index is 12.1. The number of nitrogens with two attached hydrogens (primary N) is 1. The molecule has 0 saturated heterocycles. The smallest absolute Gasteiger partial charge is 0.330 e. The van der Waals surface area contributed by atoms with Gasteiger partial charge in [0.1, 0.15) is 0 Å². The maximum Gasteiger partial charge on any atom is 0.336 e. The first kappa shape index (κ1) is 15.4. The van der Waals surface area contributed by atoms with E-state index < -0.39 is 17.1 Å². The first-order chi connectivity index (χ1) is 9.08. The van der Waals surface area contributed by atoms with Crippen LogP contribution in [-0.2, 0) is 19.6 Å². The molecule has 0 radical (unpaired) electrons. The van der Waals surface area contributed by atoms with E-state index in [1.54, 1.807) is 0 Å². The minimum atomic E-state index is -0.530. The molecule has 0 atom stereocenters. The highest BCUT2D eigenvalue weighted by atomic mass is 16.2.